The first-order valence-corrected chi connectivity index (χ1v) is 6.07. The first-order valence-electron chi connectivity index (χ1n) is 6.07. The molecule has 1 spiro atoms. The molecule has 82 valence electrons. The van der Waals surface area contributed by atoms with E-state index in [4.69, 9.17) is 0 Å². The van der Waals surface area contributed by atoms with Crippen LogP contribution in [0.2, 0.25) is 0 Å². The number of aromatic nitrogens is 1. The summed E-state index contributed by atoms with van der Waals surface area (Å²) >= 11 is 0. The van der Waals surface area contributed by atoms with Crippen molar-refractivity contribution in [3.05, 3.63) is 35.5 Å². The first kappa shape index (κ1) is 8.82. The number of hydrogen-bond donors (Lipinski definition) is 1. The number of nitrogens with zero attached hydrogens (tertiary/aromatic N) is 1. The Hall–Kier alpha value is -1.28. The number of rotatable bonds is 0. The average molecular weight is 212 g/mol. The van der Waals surface area contributed by atoms with Crippen molar-refractivity contribution in [2.24, 2.45) is 0 Å². The number of fused-ring (bicyclic) bond motifs is 4. The zero-order valence-electron chi connectivity index (χ0n) is 9.59. The second kappa shape index (κ2) is 2.69. The molecule has 1 aromatic heterocycles. The molecule has 1 aliphatic heterocycles. The Morgan fingerprint density at radius 1 is 1.25 bits per heavy atom. The number of H-pyrrole nitrogens is 1. The predicted octanol–water partition coefficient (Wildman–Crippen LogP) is 2.64. The molecule has 2 heterocycles. The largest absolute Gasteiger partial charge is 0.357 e. The highest BCUT2D eigenvalue weighted by Gasteiger charge is 2.49. The zero-order valence-corrected chi connectivity index (χ0v) is 9.59. The van der Waals surface area contributed by atoms with Gasteiger partial charge in [0.25, 0.3) is 0 Å². The summed E-state index contributed by atoms with van der Waals surface area (Å²) in [6, 6.07) is 8.75. The number of benzene rings is 1. The lowest BCUT2D eigenvalue weighted by molar-refractivity contribution is 0.269. The molecule has 0 radical (unpaired) electrons. The fourth-order valence-electron chi connectivity index (χ4n) is 3.40. The van der Waals surface area contributed by atoms with Gasteiger partial charge in [0.05, 0.1) is 0 Å². The summed E-state index contributed by atoms with van der Waals surface area (Å²) in [6.45, 7) is 2.31. The van der Waals surface area contributed by atoms with Crippen molar-refractivity contribution >= 4 is 10.9 Å². The van der Waals surface area contributed by atoms with E-state index in [1.54, 1.807) is 5.56 Å². The number of aromatic amines is 1. The van der Waals surface area contributed by atoms with Crippen molar-refractivity contribution in [1.29, 1.82) is 0 Å². The first-order chi connectivity index (χ1) is 7.78. The fraction of sp³-hybridized carbons (Fsp3) is 0.429. The van der Waals surface area contributed by atoms with Gasteiger partial charge >= 0.3 is 0 Å². The molecule has 1 N–H and O–H groups in total. The molecule has 0 saturated heterocycles. The Labute approximate surface area is 95.3 Å². The summed E-state index contributed by atoms with van der Waals surface area (Å²) in [7, 11) is 2.23. The number of para-hydroxylation sites is 1. The lowest BCUT2D eigenvalue weighted by Crippen LogP contribution is -2.34. The zero-order chi connectivity index (χ0) is 10.8. The van der Waals surface area contributed by atoms with E-state index in [2.05, 4.69) is 41.2 Å². The van der Waals surface area contributed by atoms with Gasteiger partial charge in [0.2, 0.25) is 0 Å². The van der Waals surface area contributed by atoms with Crippen molar-refractivity contribution in [1.82, 2.24) is 9.88 Å². The molecule has 4 rings (SSSR count). The Bertz CT molecular complexity index is 563. The smallest absolute Gasteiger partial charge is 0.0459 e. The highest BCUT2D eigenvalue weighted by molar-refractivity contribution is 5.86. The fourth-order valence-corrected chi connectivity index (χ4v) is 3.40. The maximum Gasteiger partial charge on any atom is 0.0459 e. The molecule has 0 atom stereocenters. The van der Waals surface area contributed by atoms with Gasteiger partial charge in [-0.05, 0) is 31.5 Å². The molecule has 1 aliphatic carbocycles. The molecular formula is C14H16N2. The molecule has 2 aliphatic rings. The van der Waals surface area contributed by atoms with Gasteiger partial charge < -0.3 is 4.98 Å². The van der Waals surface area contributed by atoms with Crippen LogP contribution in [-0.4, -0.2) is 23.5 Å². The third-order valence-electron chi connectivity index (χ3n) is 4.17. The predicted molar refractivity (Wildman–Crippen MR) is 65.5 cm³/mol. The van der Waals surface area contributed by atoms with Crippen molar-refractivity contribution < 1.29 is 0 Å². The number of nitrogens with one attached hydrogen (secondary N) is 1. The van der Waals surface area contributed by atoms with E-state index in [1.807, 2.05) is 0 Å². The molecule has 2 aromatic rings. The lowest BCUT2D eigenvalue weighted by atomic mass is 9.89. The standard InChI is InChI=1S/C14H16N2/c1-16-8-12-13(14(9-16)6-7-14)10-4-2-3-5-11(10)15-12/h2-5,15H,6-9H2,1H3. The Kier molecular flexibility index (Phi) is 1.48. The molecule has 1 aromatic carbocycles. The second-order valence-electron chi connectivity index (χ2n) is 5.48. The topological polar surface area (TPSA) is 19.0 Å². The molecule has 1 fully saturated rings. The van der Waals surface area contributed by atoms with E-state index < -0.39 is 0 Å². The second-order valence-corrected chi connectivity index (χ2v) is 5.48. The Balaban J connectivity index is 2.05. The lowest BCUT2D eigenvalue weighted by Gasteiger charge is -2.30. The molecule has 0 unspecified atom stereocenters. The number of hydrogen-bond acceptors (Lipinski definition) is 1. The Morgan fingerprint density at radius 3 is 2.88 bits per heavy atom. The van der Waals surface area contributed by atoms with Crippen molar-refractivity contribution in [2.75, 3.05) is 13.6 Å². The van der Waals surface area contributed by atoms with Crippen LogP contribution in [0.15, 0.2) is 24.3 Å². The normalized spacial score (nSPS) is 22.6. The van der Waals surface area contributed by atoms with Gasteiger partial charge in [-0.1, -0.05) is 18.2 Å². The summed E-state index contributed by atoms with van der Waals surface area (Å²) in [5, 5.41) is 1.46. The van der Waals surface area contributed by atoms with Crippen LogP contribution in [0.3, 0.4) is 0 Å². The van der Waals surface area contributed by atoms with Crippen molar-refractivity contribution in [3.63, 3.8) is 0 Å². The van der Waals surface area contributed by atoms with E-state index >= 15 is 0 Å². The third kappa shape index (κ3) is 1.00. The molecule has 0 amide bonds. The van der Waals surface area contributed by atoms with Crippen LogP contribution >= 0.6 is 0 Å². The molecular weight excluding hydrogens is 196 g/mol. The minimum absolute atomic E-state index is 0.488. The van der Waals surface area contributed by atoms with Crippen LogP contribution in [0.25, 0.3) is 10.9 Å². The monoisotopic (exact) mass is 212 g/mol. The highest BCUT2D eigenvalue weighted by Crippen LogP contribution is 2.54. The molecule has 1 saturated carbocycles. The van der Waals surface area contributed by atoms with Crippen LogP contribution in [0.5, 0.6) is 0 Å². The minimum Gasteiger partial charge on any atom is -0.357 e. The molecule has 2 nitrogen and oxygen atoms in total. The van der Waals surface area contributed by atoms with Crippen LogP contribution < -0.4 is 0 Å². The minimum atomic E-state index is 0.488. The summed E-state index contributed by atoms with van der Waals surface area (Å²) in [5.74, 6) is 0. The van der Waals surface area contributed by atoms with Gasteiger partial charge in [-0.15, -0.1) is 0 Å². The van der Waals surface area contributed by atoms with Gasteiger partial charge in [-0.25, -0.2) is 0 Å². The molecule has 16 heavy (non-hydrogen) atoms. The van der Waals surface area contributed by atoms with E-state index in [0.29, 0.717) is 5.41 Å². The van der Waals surface area contributed by atoms with Gasteiger partial charge in [0.15, 0.2) is 0 Å². The van der Waals surface area contributed by atoms with Crippen molar-refractivity contribution in [2.45, 2.75) is 24.8 Å². The van der Waals surface area contributed by atoms with Crippen molar-refractivity contribution in [3.8, 4) is 0 Å². The quantitative estimate of drug-likeness (QED) is 0.711. The summed E-state index contributed by atoms with van der Waals surface area (Å²) < 4.78 is 0. The highest BCUT2D eigenvalue weighted by atomic mass is 15.1. The van der Waals surface area contributed by atoms with E-state index in [1.165, 1.54) is 36.0 Å². The summed E-state index contributed by atoms with van der Waals surface area (Å²) in [5.41, 5.74) is 4.88. The van der Waals surface area contributed by atoms with Crippen LogP contribution in [0, 0.1) is 0 Å². The van der Waals surface area contributed by atoms with Crippen LogP contribution in [-0.2, 0) is 12.0 Å². The number of likely N-dealkylation sites (N-methyl/N-ethyl adjacent to an activating group) is 1. The van der Waals surface area contributed by atoms with E-state index in [-0.39, 0.29) is 0 Å². The maximum absolute atomic E-state index is 3.60. The molecule has 2 heteroatoms. The third-order valence-corrected chi connectivity index (χ3v) is 4.17. The van der Waals surface area contributed by atoms with Gasteiger partial charge in [-0.3, -0.25) is 4.90 Å². The van der Waals surface area contributed by atoms with Crippen LogP contribution in [0.4, 0.5) is 0 Å². The summed E-state index contributed by atoms with van der Waals surface area (Å²) in [4.78, 5) is 6.05. The maximum atomic E-state index is 3.60. The SMILES string of the molecule is CN1Cc2[nH]c3ccccc3c2C2(CC2)C1. The van der Waals surface area contributed by atoms with E-state index in [0.717, 1.165) is 6.54 Å². The Morgan fingerprint density at radius 2 is 2.06 bits per heavy atom. The van der Waals surface area contributed by atoms with Crippen LogP contribution in [0.1, 0.15) is 24.1 Å². The average Bonchev–Trinajstić information content (AvgIpc) is 2.91. The summed E-state index contributed by atoms with van der Waals surface area (Å²) in [6.07, 6.45) is 2.73. The molecule has 0 bridgehead atoms. The van der Waals surface area contributed by atoms with E-state index in [9.17, 15) is 0 Å². The van der Waals surface area contributed by atoms with Gasteiger partial charge in [-0.2, -0.15) is 0 Å². The van der Waals surface area contributed by atoms with Gasteiger partial charge in [0, 0.05) is 35.1 Å². The van der Waals surface area contributed by atoms with Gasteiger partial charge in [0.1, 0.15) is 0 Å².